The molecule has 2 rings (SSSR count). The third-order valence-electron chi connectivity index (χ3n) is 2.57. The molecule has 1 N–H and O–H groups in total. The van der Waals surface area contributed by atoms with Crippen LogP contribution >= 0.6 is 11.8 Å². The molecule has 92 valence electrons. The van der Waals surface area contributed by atoms with Crippen LogP contribution in [-0.4, -0.2) is 14.7 Å². The zero-order valence-electron chi connectivity index (χ0n) is 10.2. The van der Waals surface area contributed by atoms with Crippen molar-refractivity contribution >= 4 is 11.8 Å². The molecule has 5 heteroatoms. The number of hydrogen-bond donors (Lipinski definition) is 1. The molecule has 0 aliphatic heterocycles. The molecule has 0 bridgehead atoms. The zero-order valence-corrected chi connectivity index (χ0v) is 11.0. The van der Waals surface area contributed by atoms with E-state index in [1.165, 1.54) is 11.8 Å². The van der Waals surface area contributed by atoms with E-state index in [1.807, 2.05) is 17.8 Å². The predicted molar refractivity (Wildman–Crippen MR) is 69.1 cm³/mol. The SMILES string of the molecule is C[C@@H](O)c1ccc(C#N)cc1Sc1nccn1C. The number of aliphatic hydroxyl groups is 1. The summed E-state index contributed by atoms with van der Waals surface area (Å²) in [5.74, 6) is 0. The number of nitrogens with zero attached hydrogens (tertiary/aromatic N) is 3. The first-order valence-corrected chi connectivity index (χ1v) is 6.30. The smallest absolute Gasteiger partial charge is 0.172 e. The minimum Gasteiger partial charge on any atom is -0.389 e. The van der Waals surface area contributed by atoms with Crippen LogP contribution in [0.25, 0.3) is 0 Å². The van der Waals surface area contributed by atoms with Crippen LogP contribution in [0.4, 0.5) is 0 Å². The lowest BCUT2D eigenvalue weighted by atomic mass is 10.1. The summed E-state index contributed by atoms with van der Waals surface area (Å²) in [5.41, 5.74) is 1.39. The van der Waals surface area contributed by atoms with Crippen LogP contribution in [0.15, 0.2) is 40.6 Å². The van der Waals surface area contributed by atoms with E-state index < -0.39 is 6.10 Å². The molecule has 0 unspecified atom stereocenters. The molecule has 4 nitrogen and oxygen atoms in total. The van der Waals surface area contributed by atoms with Gasteiger partial charge in [-0.15, -0.1) is 0 Å². The van der Waals surface area contributed by atoms with E-state index in [9.17, 15) is 5.11 Å². The molecule has 1 aromatic heterocycles. The van der Waals surface area contributed by atoms with Crippen molar-refractivity contribution in [2.24, 2.45) is 7.05 Å². The molecule has 0 amide bonds. The predicted octanol–water partition coefficient (Wildman–Crippen LogP) is 2.50. The fourth-order valence-electron chi connectivity index (χ4n) is 1.59. The number of aryl methyl sites for hydroxylation is 1. The minimum absolute atomic E-state index is 0.569. The van der Waals surface area contributed by atoms with Gasteiger partial charge < -0.3 is 9.67 Å². The van der Waals surface area contributed by atoms with Crippen LogP contribution in [0.3, 0.4) is 0 Å². The van der Waals surface area contributed by atoms with Crippen molar-refractivity contribution in [2.75, 3.05) is 0 Å². The molecule has 0 saturated heterocycles. The Balaban J connectivity index is 2.42. The lowest BCUT2D eigenvalue weighted by molar-refractivity contribution is 0.196. The number of aromatic nitrogens is 2. The van der Waals surface area contributed by atoms with Crippen molar-refractivity contribution < 1.29 is 5.11 Å². The van der Waals surface area contributed by atoms with Gasteiger partial charge in [-0.05, 0) is 24.6 Å². The largest absolute Gasteiger partial charge is 0.389 e. The first-order valence-electron chi connectivity index (χ1n) is 5.49. The maximum atomic E-state index is 9.74. The van der Waals surface area contributed by atoms with Gasteiger partial charge in [-0.1, -0.05) is 17.8 Å². The number of aliphatic hydroxyl groups excluding tert-OH is 1. The summed E-state index contributed by atoms with van der Waals surface area (Å²) in [6.07, 6.45) is 3.01. The third-order valence-corrected chi connectivity index (χ3v) is 3.72. The van der Waals surface area contributed by atoms with Crippen LogP contribution in [0.5, 0.6) is 0 Å². The Morgan fingerprint density at radius 2 is 2.28 bits per heavy atom. The molecule has 1 aromatic carbocycles. The molecule has 0 aliphatic carbocycles. The van der Waals surface area contributed by atoms with E-state index in [1.54, 1.807) is 31.3 Å². The van der Waals surface area contributed by atoms with E-state index in [0.717, 1.165) is 15.6 Å². The summed E-state index contributed by atoms with van der Waals surface area (Å²) in [6, 6.07) is 7.38. The quantitative estimate of drug-likeness (QED) is 0.920. The van der Waals surface area contributed by atoms with Gasteiger partial charge in [-0.25, -0.2) is 4.98 Å². The average molecular weight is 259 g/mol. The topological polar surface area (TPSA) is 61.8 Å². The van der Waals surface area contributed by atoms with Gasteiger partial charge in [-0.3, -0.25) is 0 Å². The fourth-order valence-corrected chi connectivity index (χ4v) is 2.64. The summed E-state index contributed by atoms with van der Waals surface area (Å²) in [4.78, 5) is 5.09. The zero-order chi connectivity index (χ0) is 13.1. The van der Waals surface area contributed by atoms with Gasteiger partial charge in [-0.2, -0.15) is 5.26 Å². The maximum Gasteiger partial charge on any atom is 0.172 e. The third kappa shape index (κ3) is 2.55. The maximum absolute atomic E-state index is 9.74. The van der Waals surface area contributed by atoms with Gasteiger partial charge in [0.2, 0.25) is 0 Å². The molecule has 2 aromatic rings. The van der Waals surface area contributed by atoms with Crippen LogP contribution in [0, 0.1) is 11.3 Å². The average Bonchev–Trinajstić information content (AvgIpc) is 2.74. The Bertz CT molecular complexity index is 599. The normalized spacial score (nSPS) is 12.1. The highest BCUT2D eigenvalue weighted by Gasteiger charge is 2.12. The van der Waals surface area contributed by atoms with Crippen LogP contribution in [0.1, 0.15) is 24.2 Å². The summed E-state index contributed by atoms with van der Waals surface area (Å²) in [5, 5.41) is 19.5. The number of imidazole rings is 1. The van der Waals surface area contributed by atoms with Gasteiger partial charge in [0, 0.05) is 24.3 Å². The second kappa shape index (κ2) is 5.25. The molecule has 18 heavy (non-hydrogen) atoms. The summed E-state index contributed by atoms with van der Waals surface area (Å²) >= 11 is 1.45. The number of benzene rings is 1. The van der Waals surface area contributed by atoms with Crippen molar-refractivity contribution in [3.05, 3.63) is 41.7 Å². The van der Waals surface area contributed by atoms with Gasteiger partial charge in [0.15, 0.2) is 5.16 Å². The van der Waals surface area contributed by atoms with Crippen molar-refractivity contribution in [2.45, 2.75) is 23.1 Å². The second-order valence-electron chi connectivity index (χ2n) is 3.96. The highest BCUT2D eigenvalue weighted by atomic mass is 32.2. The van der Waals surface area contributed by atoms with Crippen molar-refractivity contribution in [3.63, 3.8) is 0 Å². The summed E-state index contributed by atoms with van der Waals surface area (Å²) in [7, 11) is 1.91. The Morgan fingerprint density at radius 1 is 1.50 bits per heavy atom. The van der Waals surface area contributed by atoms with E-state index in [2.05, 4.69) is 11.1 Å². The molecule has 0 fully saturated rings. The molecule has 1 atom stereocenters. The van der Waals surface area contributed by atoms with E-state index in [-0.39, 0.29) is 0 Å². The molecular weight excluding hydrogens is 246 g/mol. The highest BCUT2D eigenvalue weighted by Crippen LogP contribution is 2.32. The van der Waals surface area contributed by atoms with Crippen molar-refractivity contribution in [1.82, 2.24) is 9.55 Å². The summed E-state index contributed by atoms with van der Waals surface area (Å²) < 4.78 is 1.90. The van der Waals surface area contributed by atoms with E-state index in [4.69, 9.17) is 5.26 Å². The van der Waals surface area contributed by atoms with Gasteiger partial charge >= 0.3 is 0 Å². The molecular formula is C13H13N3OS. The minimum atomic E-state index is -0.569. The van der Waals surface area contributed by atoms with E-state index in [0.29, 0.717) is 5.56 Å². The van der Waals surface area contributed by atoms with Gasteiger partial charge in [0.25, 0.3) is 0 Å². The first kappa shape index (κ1) is 12.7. The van der Waals surface area contributed by atoms with Crippen LogP contribution in [-0.2, 0) is 7.05 Å². The number of rotatable bonds is 3. The van der Waals surface area contributed by atoms with Crippen molar-refractivity contribution in [3.8, 4) is 6.07 Å². The molecule has 1 heterocycles. The Labute approximate surface area is 110 Å². The monoisotopic (exact) mass is 259 g/mol. The Morgan fingerprint density at radius 3 is 2.83 bits per heavy atom. The van der Waals surface area contributed by atoms with Gasteiger partial charge in [0.1, 0.15) is 0 Å². The molecule has 0 radical (unpaired) electrons. The lowest BCUT2D eigenvalue weighted by Gasteiger charge is -2.11. The van der Waals surface area contributed by atoms with Crippen LogP contribution in [0.2, 0.25) is 0 Å². The Hall–Kier alpha value is -1.77. The van der Waals surface area contributed by atoms with Gasteiger partial charge in [0.05, 0.1) is 17.7 Å². The Kier molecular flexibility index (Phi) is 3.70. The standard InChI is InChI=1S/C13H13N3OS/c1-9(17)11-4-3-10(8-14)7-12(11)18-13-15-5-6-16(13)2/h3-7,9,17H,1-2H3/t9-/m1/s1. The van der Waals surface area contributed by atoms with Crippen LogP contribution < -0.4 is 0 Å². The molecule has 0 saturated carbocycles. The van der Waals surface area contributed by atoms with E-state index >= 15 is 0 Å². The molecule has 0 spiro atoms. The highest BCUT2D eigenvalue weighted by molar-refractivity contribution is 7.99. The number of hydrogen-bond acceptors (Lipinski definition) is 4. The lowest BCUT2D eigenvalue weighted by Crippen LogP contribution is -1.96. The fraction of sp³-hybridized carbons (Fsp3) is 0.231. The molecule has 0 aliphatic rings. The van der Waals surface area contributed by atoms with Crippen molar-refractivity contribution in [1.29, 1.82) is 5.26 Å². The second-order valence-corrected chi connectivity index (χ2v) is 4.97. The summed E-state index contributed by atoms with van der Waals surface area (Å²) in [6.45, 7) is 1.71. The number of nitriles is 1. The first-order chi connectivity index (χ1) is 8.61.